The monoisotopic (exact) mass is 143 g/mol. The van der Waals surface area contributed by atoms with Gasteiger partial charge in [0.05, 0.1) is 0 Å². The van der Waals surface area contributed by atoms with Crippen LogP contribution in [-0.2, 0) is 0 Å². The number of hydrogen-bond donors (Lipinski definition) is 2. The summed E-state index contributed by atoms with van der Waals surface area (Å²) in [6, 6.07) is 0. The zero-order valence-electron chi connectivity index (χ0n) is 6.35. The minimum Gasteiger partial charge on any atom is -0.465 e. The van der Waals surface area contributed by atoms with E-state index in [0.29, 0.717) is 6.42 Å². The fraction of sp³-hybridized carbons (Fsp3) is 0.571. The highest BCUT2D eigenvalue weighted by atomic mass is 16.4. The van der Waals surface area contributed by atoms with Crippen molar-refractivity contribution in [3.05, 3.63) is 12.7 Å². The highest BCUT2D eigenvalue weighted by molar-refractivity contribution is 5.65. The summed E-state index contributed by atoms with van der Waals surface area (Å²) < 4.78 is 0. The lowest BCUT2D eigenvalue weighted by Gasteiger charge is -2.22. The summed E-state index contributed by atoms with van der Waals surface area (Å²) >= 11 is 0. The Hall–Kier alpha value is -0.990. The van der Waals surface area contributed by atoms with E-state index in [-0.39, 0.29) is 0 Å². The smallest absolute Gasteiger partial charge is 0.405 e. The van der Waals surface area contributed by atoms with E-state index >= 15 is 0 Å². The molecule has 0 radical (unpaired) electrons. The van der Waals surface area contributed by atoms with Gasteiger partial charge in [-0.05, 0) is 20.3 Å². The van der Waals surface area contributed by atoms with Gasteiger partial charge in [0.15, 0.2) is 0 Å². The molecule has 0 saturated carbocycles. The Balaban J connectivity index is 3.85. The topological polar surface area (TPSA) is 49.3 Å². The van der Waals surface area contributed by atoms with Gasteiger partial charge in [0, 0.05) is 5.54 Å². The van der Waals surface area contributed by atoms with Crippen LogP contribution in [0.1, 0.15) is 20.3 Å². The zero-order valence-corrected chi connectivity index (χ0v) is 6.35. The van der Waals surface area contributed by atoms with Gasteiger partial charge in [0.1, 0.15) is 0 Å². The van der Waals surface area contributed by atoms with E-state index in [1.54, 1.807) is 6.08 Å². The third-order valence-corrected chi connectivity index (χ3v) is 1.10. The Morgan fingerprint density at radius 1 is 1.80 bits per heavy atom. The summed E-state index contributed by atoms with van der Waals surface area (Å²) in [5.41, 5.74) is -0.395. The lowest BCUT2D eigenvalue weighted by atomic mass is 10.0. The maximum absolute atomic E-state index is 10.1. The second-order valence-electron chi connectivity index (χ2n) is 2.81. The van der Waals surface area contributed by atoms with Gasteiger partial charge in [0.2, 0.25) is 0 Å². The predicted octanol–water partition coefficient (Wildman–Crippen LogP) is 1.61. The Bertz CT molecular complexity index is 141. The van der Waals surface area contributed by atoms with E-state index in [1.807, 2.05) is 13.8 Å². The number of carbonyl (C=O) groups is 1. The van der Waals surface area contributed by atoms with Crippen molar-refractivity contribution in [3.8, 4) is 0 Å². The average molecular weight is 143 g/mol. The van der Waals surface area contributed by atoms with Crippen molar-refractivity contribution in [1.82, 2.24) is 5.32 Å². The summed E-state index contributed by atoms with van der Waals surface area (Å²) in [5, 5.41) is 10.7. The van der Waals surface area contributed by atoms with E-state index < -0.39 is 11.6 Å². The Kier molecular flexibility index (Phi) is 2.93. The van der Waals surface area contributed by atoms with E-state index in [4.69, 9.17) is 5.11 Å². The summed E-state index contributed by atoms with van der Waals surface area (Å²) in [6.07, 6.45) is 1.33. The van der Waals surface area contributed by atoms with Crippen LogP contribution in [0.25, 0.3) is 0 Å². The molecule has 0 aromatic carbocycles. The van der Waals surface area contributed by atoms with Crippen LogP contribution in [0.15, 0.2) is 12.7 Å². The number of carboxylic acid groups (broad SMARTS) is 1. The largest absolute Gasteiger partial charge is 0.465 e. The molecule has 0 aliphatic carbocycles. The van der Waals surface area contributed by atoms with E-state index in [0.717, 1.165) is 0 Å². The molecule has 3 nitrogen and oxygen atoms in total. The summed E-state index contributed by atoms with van der Waals surface area (Å²) in [7, 11) is 0. The summed E-state index contributed by atoms with van der Waals surface area (Å²) in [4.78, 5) is 10.1. The first-order valence-corrected chi connectivity index (χ1v) is 3.10. The molecule has 0 aromatic rings. The average Bonchev–Trinajstić information content (AvgIpc) is 1.59. The second kappa shape index (κ2) is 3.25. The first-order chi connectivity index (χ1) is 4.48. The molecule has 0 aromatic heterocycles. The van der Waals surface area contributed by atoms with Crippen molar-refractivity contribution in [2.75, 3.05) is 0 Å². The number of rotatable bonds is 3. The molecule has 0 spiro atoms. The van der Waals surface area contributed by atoms with Crippen LogP contribution in [0.4, 0.5) is 4.79 Å². The highest BCUT2D eigenvalue weighted by Crippen LogP contribution is 2.07. The molecular weight excluding hydrogens is 130 g/mol. The van der Waals surface area contributed by atoms with E-state index in [2.05, 4.69) is 11.9 Å². The standard InChI is InChI=1S/C7H13NO2/c1-4-5-7(2,3)8-6(9)10/h4,8H,1,5H2,2-3H3,(H,9,10). The van der Waals surface area contributed by atoms with Gasteiger partial charge in [-0.15, -0.1) is 6.58 Å². The molecule has 0 aliphatic heterocycles. The first-order valence-electron chi connectivity index (χ1n) is 3.10. The van der Waals surface area contributed by atoms with Crippen molar-refractivity contribution in [3.63, 3.8) is 0 Å². The molecule has 0 rings (SSSR count). The van der Waals surface area contributed by atoms with Gasteiger partial charge >= 0.3 is 6.09 Å². The van der Waals surface area contributed by atoms with Gasteiger partial charge in [-0.1, -0.05) is 6.08 Å². The van der Waals surface area contributed by atoms with Crippen LogP contribution in [0, 0.1) is 0 Å². The molecule has 58 valence electrons. The van der Waals surface area contributed by atoms with Crippen molar-refractivity contribution < 1.29 is 9.90 Å². The van der Waals surface area contributed by atoms with Crippen LogP contribution in [0.5, 0.6) is 0 Å². The second-order valence-corrected chi connectivity index (χ2v) is 2.81. The van der Waals surface area contributed by atoms with Gasteiger partial charge < -0.3 is 10.4 Å². The summed E-state index contributed by atoms with van der Waals surface area (Å²) in [5.74, 6) is 0. The van der Waals surface area contributed by atoms with Crippen molar-refractivity contribution in [2.45, 2.75) is 25.8 Å². The number of nitrogens with one attached hydrogen (secondary N) is 1. The maximum Gasteiger partial charge on any atom is 0.405 e. The molecule has 0 heterocycles. The van der Waals surface area contributed by atoms with E-state index in [1.165, 1.54) is 0 Å². The lowest BCUT2D eigenvalue weighted by Crippen LogP contribution is -2.42. The number of hydrogen-bond acceptors (Lipinski definition) is 1. The summed E-state index contributed by atoms with van der Waals surface area (Å²) in [6.45, 7) is 7.14. The van der Waals surface area contributed by atoms with Gasteiger partial charge in [0.25, 0.3) is 0 Å². The van der Waals surface area contributed by atoms with Crippen LogP contribution in [0.3, 0.4) is 0 Å². The normalized spacial score (nSPS) is 10.6. The molecule has 1 amide bonds. The minimum atomic E-state index is -0.994. The van der Waals surface area contributed by atoms with Crippen LogP contribution in [-0.4, -0.2) is 16.7 Å². The third kappa shape index (κ3) is 3.95. The van der Waals surface area contributed by atoms with Crippen molar-refractivity contribution >= 4 is 6.09 Å². The fourth-order valence-corrected chi connectivity index (χ4v) is 0.701. The molecule has 0 unspecified atom stereocenters. The Morgan fingerprint density at radius 3 is 2.60 bits per heavy atom. The van der Waals surface area contributed by atoms with Crippen molar-refractivity contribution in [2.24, 2.45) is 0 Å². The maximum atomic E-state index is 10.1. The van der Waals surface area contributed by atoms with E-state index in [9.17, 15) is 4.79 Å². The Morgan fingerprint density at radius 2 is 2.30 bits per heavy atom. The molecular formula is C7H13NO2. The lowest BCUT2D eigenvalue weighted by molar-refractivity contribution is 0.182. The van der Waals surface area contributed by atoms with Crippen molar-refractivity contribution in [1.29, 1.82) is 0 Å². The van der Waals surface area contributed by atoms with Gasteiger partial charge in [-0.25, -0.2) is 4.79 Å². The molecule has 3 heteroatoms. The zero-order chi connectivity index (χ0) is 8.20. The predicted molar refractivity (Wildman–Crippen MR) is 40.1 cm³/mol. The third-order valence-electron chi connectivity index (χ3n) is 1.10. The molecule has 0 aliphatic rings. The molecule has 0 fully saturated rings. The molecule has 10 heavy (non-hydrogen) atoms. The first kappa shape index (κ1) is 9.01. The van der Waals surface area contributed by atoms with Gasteiger partial charge in [-0.2, -0.15) is 0 Å². The van der Waals surface area contributed by atoms with Crippen LogP contribution < -0.4 is 5.32 Å². The molecule has 0 bridgehead atoms. The minimum absolute atomic E-state index is 0.395. The van der Waals surface area contributed by atoms with Crippen LogP contribution >= 0.6 is 0 Å². The van der Waals surface area contributed by atoms with Crippen LogP contribution in [0.2, 0.25) is 0 Å². The number of amides is 1. The Labute approximate surface area is 60.7 Å². The molecule has 2 N–H and O–H groups in total. The quantitative estimate of drug-likeness (QED) is 0.589. The SMILES string of the molecule is C=CCC(C)(C)NC(=O)O. The fourth-order valence-electron chi connectivity index (χ4n) is 0.701. The molecule has 0 saturated heterocycles. The van der Waals surface area contributed by atoms with Gasteiger partial charge in [-0.3, -0.25) is 0 Å². The highest BCUT2D eigenvalue weighted by Gasteiger charge is 2.17. The molecule has 0 atom stereocenters.